The SMILES string of the molecule is COc1ccc(S(=O)(=O)N(CC(=O)NC(C)c2ccc(S(C)(=O)=O)cc2)c2ccccc2OC)cc1. The van der Waals surface area contributed by atoms with Crippen LogP contribution in [-0.4, -0.2) is 49.8 Å². The number of benzene rings is 3. The lowest BCUT2D eigenvalue weighted by Crippen LogP contribution is -2.41. The van der Waals surface area contributed by atoms with E-state index in [4.69, 9.17) is 9.47 Å². The maximum atomic E-state index is 13.6. The topological polar surface area (TPSA) is 119 Å². The van der Waals surface area contributed by atoms with E-state index in [-0.39, 0.29) is 21.2 Å². The van der Waals surface area contributed by atoms with E-state index in [1.54, 1.807) is 43.3 Å². The van der Waals surface area contributed by atoms with Crippen molar-refractivity contribution in [2.45, 2.75) is 22.8 Å². The predicted octanol–water partition coefficient (Wildman–Crippen LogP) is 3.18. The Bertz CT molecular complexity index is 1420. The summed E-state index contributed by atoms with van der Waals surface area (Å²) in [4.78, 5) is 13.2. The van der Waals surface area contributed by atoms with Gasteiger partial charge in [0.05, 0.1) is 35.7 Å². The van der Waals surface area contributed by atoms with Gasteiger partial charge in [-0.3, -0.25) is 9.10 Å². The molecule has 1 atom stereocenters. The van der Waals surface area contributed by atoms with E-state index >= 15 is 0 Å². The van der Waals surface area contributed by atoms with Crippen molar-refractivity contribution in [2.75, 3.05) is 31.3 Å². The van der Waals surface area contributed by atoms with Gasteiger partial charge >= 0.3 is 0 Å². The maximum Gasteiger partial charge on any atom is 0.264 e. The maximum absolute atomic E-state index is 13.6. The van der Waals surface area contributed by atoms with Gasteiger partial charge in [-0.05, 0) is 61.0 Å². The Morgan fingerprint density at radius 3 is 2.00 bits per heavy atom. The summed E-state index contributed by atoms with van der Waals surface area (Å²) in [6.07, 6.45) is 1.11. The van der Waals surface area contributed by atoms with Crippen molar-refractivity contribution >= 4 is 31.5 Å². The normalized spacial score (nSPS) is 12.4. The number of rotatable bonds is 10. The Hall–Kier alpha value is -3.57. The molecule has 0 aromatic heterocycles. The van der Waals surface area contributed by atoms with Crippen LogP contribution in [0.5, 0.6) is 11.5 Å². The van der Waals surface area contributed by atoms with E-state index in [0.717, 1.165) is 10.6 Å². The molecule has 11 heteroatoms. The molecule has 36 heavy (non-hydrogen) atoms. The smallest absolute Gasteiger partial charge is 0.264 e. The minimum atomic E-state index is -4.16. The van der Waals surface area contributed by atoms with Crippen molar-refractivity contribution in [1.82, 2.24) is 5.32 Å². The van der Waals surface area contributed by atoms with E-state index in [0.29, 0.717) is 11.3 Å². The largest absolute Gasteiger partial charge is 0.497 e. The average molecular weight is 533 g/mol. The minimum Gasteiger partial charge on any atom is -0.497 e. The molecular weight excluding hydrogens is 504 g/mol. The molecule has 9 nitrogen and oxygen atoms in total. The summed E-state index contributed by atoms with van der Waals surface area (Å²) >= 11 is 0. The first-order valence-electron chi connectivity index (χ1n) is 10.9. The first-order valence-corrected chi connectivity index (χ1v) is 14.2. The van der Waals surface area contributed by atoms with Crippen molar-refractivity contribution in [1.29, 1.82) is 0 Å². The highest BCUT2D eigenvalue weighted by molar-refractivity contribution is 7.93. The van der Waals surface area contributed by atoms with E-state index in [1.807, 2.05) is 0 Å². The van der Waals surface area contributed by atoms with Gasteiger partial charge in [0.25, 0.3) is 10.0 Å². The highest BCUT2D eigenvalue weighted by Crippen LogP contribution is 2.32. The standard InChI is InChI=1S/C25H28N2O7S2/c1-18(19-9-13-21(14-10-19)35(4,29)30)26-25(28)17-27(23-7-5-6-8-24(23)34-3)36(31,32)22-15-11-20(33-2)12-16-22/h5-16,18H,17H2,1-4H3,(H,26,28). The third-order valence-corrected chi connectivity index (χ3v) is 8.38. The molecule has 0 aliphatic carbocycles. The van der Waals surface area contributed by atoms with Crippen molar-refractivity contribution < 1.29 is 31.1 Å². The summed E-state index contributed by atoms with van der Waals surface area (Å²) < 4.78 is 62.1. The number of sulfonamides is 1. The van der Waals surface area contributed by atoms with Gasteiger partial charge < -0.3 is 14.8 Å². The Balaban J connectivity index is 1.90. The fraction of sp³-hybridized carbons (Fsp3) is 0.240. The molecule has 0 saturated heterocycles. The number of methoxy groups -OCH3 is 2. The van der Waals surface area contributed by atoms with Crippen molar-refractivity contribution in [2.24, 2.45) is 0 Å². The Morgan fingerprint density at radius 2 is 1.44 bits per heavy atom. The highest BCUT2D eigenvalue weighted by atomic mass is 32.2. The number of nitrogens with one attached hydrogen (secondary N) is 1. The van der Waals surface area contributed by atoms with Gasteiger partial charge in [-0.1, -0.05) is 24.3 Å². The van der Waals surface area contributed by atoms with Crippen LogP contribution in [0.15, 0.2) is 82.6 Å². The zero-order valence-corrected chi connectivity index (χ0v) is 22.0. The second-order valence-electron chi connectivity index (χ2n) is 7.99. The molecule has 0 fully saturated rings. The molecule has 3 aromatic carbocycles. The number of carbonyl (C=O) groups excluding carboxylic acids is 1. The summed E-state index contributed by atoms with van der Waals surface area (Å²) in [5.41, 5.74) is 0.869. The molecule has 0 bridgehead atoms. The van der Waals surface area contributed by atoms with Crippen LogP contribution in [0.2, 0.25) is 0 Å². The van der Waals surface area contributed by atoms with Crippen molar-refractivity contribution in [3.8, 4) is 11.5 Å². The van der Waals surface area contributed by atoms with Gasteiger partial charge in [0.1, 0.15) is 18.0 Å². The van der Waals surface area contributed by atoms with Crippen LogP contribution >= 0.6 is 0 Å². The number of para-hydroxylation sites is 2. The van der Waals surface area contributed by atoms with Gasteiger partial charge in [-0.25, -0.2) is 16.8 Å². The average Bonchev–Trinajstić information content (AvgIpc) is 2.86. The summed E-state index contributed by atoms with van der Waals surface area (Å²) in [6.45, 7) is 1.21. The van der Waals surface area contributed by atoms with E-state index in [2.05, 4.69) is 5.32 Å². The van der Waals surface area contributed by atoms with Gasteiger partial charge in [0, 0.05) is 6.26 Å². The zero-order chi connectivity index (χ0) is 26.5. The fourth-order valence-corrected chi connectivity index (χ4v) is 5.58. The molecule has 0 spiro atoms. The molecule has 0 aliphatic rings. The molecule has 1 N–H and O–H groups in total. The molecule has 1 amide bonds. The second-order valence-corrected chi connectivity index (χ2v) is 11.9. The van der Waals surface area contributed by atoms with Crippen LogP contribution in [0.4, 0.5) is 5.69 Å². The zero-order valence-electron chi connectivity index (χ0n) is 20.3. The molecule has 0 radical (unpaired) electrons. The summed E-state index contributed by atoms with van der Waals surface area (Å²) in [6, 6.07) is 18.0. The van der Waals surface area contributed by atoms with Gasteiger partial charge in [-0.2, -0.15) is 0 Å². The third kappa shape index (κ3) is 6.16. The van der Waals surface area contributed by atoms with E-state index in [1.165, 1.54) is 50.6 Å². The molecule has 0 saturated carbocycles. The number of hydrogen-bond acceptors (Lipinski definition) is 7. The number of ether oxygens (including phenoxy) is 2. The monoisotopic (exact) mass is 532 g/mol. The highest BCUT2D eigenvalue weighted by Gasteiger charge is 2.30. The number of amides is 1. The minimum absolute atomic E-state index is 0.0218. The molecule has 3 rings (SSSR count). The lowest BCUT2D eigenvalue weighted by atomic mass is 10.1. The number of hydrogen-bond donors (Lipinski definition) is 1. The molecule has 192 valence electrons. The molecule has 0 aliphatic heterocycles. The number of sulfone groups is 1. The first-order chi connectivity index (χ1) is 17.0. The van der Waals surface area contributed by atoms with Crippen LogP contribution in [-0.2, 0) is 24.7 Å². The van der Waals surface area contributed by atoms with Crippen LogP contribution in [0, 0.1) is 0 Å². The van der Waals surface area contributed by atoms with E-state index < -0.39 is 38.4 Å². The van der Waals surface area contributed by atoms with E-state index in [9.17, 15) is 21.6 Å². The van der Waals surface area contributed by atoms with Crippen LogP contribution in [0.1, 0.15) is 18.5 Å². The molecule has 3 aromatic rings. The summed E-state index contributed by atoms with van der Waals surface area (Å²) in [5, 5.41) is 2.78. The quantitative estimate of drug-likeness (QED) is 0.426. The number of carbonyl (C=O) groups is 1. The van der Waals surface area contributed by atoms with Crippen LogP contribution in [0.25, 0.3) is 0 Å². The molecule has 1 unspecified atom stereocenters. The molecule has 0 heterocycles. The third-order valence-electron chi connectivity index (χ3n) is 5.47. The van der Waals surface area contributed by atoms with Gasteiger partial charge in [0.2, 0.25) is 5.91 Å². The van der Waals surface area contributed by atoms with Crippen LogP contribution < -0.4 is 19.1 Å². The van der Waals surface area contributed by atoms with Crippen LogP contribution in [0.3, 0.4) is 0 Å². The first kappa shape index (κ1) is 27.0. The summed E-state index contributed by atoms with van der Waals surface area (Å²) in [7, 11) is -4.62. The second kappa shape index (κ2) is 11.0. The lowest BCUT2D eigenvalue weighted by molar-refractivity contribution is -0.120. The number of nitrogens with zero attached hydrogens (tertiary/aromatic N) is 1. The fourth-order valence-electron chi connectivity index (χ4n) is 3.51. The molecular formula is C25H28N2O7S2. The van der Waals surface area contributed by atoms with Crippen molar-refractivity contribution in [3.63, 3.8) is 0 Å². The van der Waals surface area contributed by atoms with Gasteiger partial charge in [-0.15, -0.1) is 0 Å². The van der Waals surface area contributed by atoms with Crippen molar-refractivity contribution in [3.05, 3.63) is 78.4 Å². The Kier molecular flexibility index (Phi) is 8.26. The summed E-state index contributed by atoms with van der Waals surface area (Å²) in [5.74, 6) is 0.218. The lowest BCUT2D eigenvalue weighted by Gasteiger charge is -2.26. The number of anilines is 1. The van der Waals surface area contributed by atoms with Gasteiger partial charge in [0.15, 0.2) is 9.84 Å². The Morgan fingerprint density at radius 1 is 0.861 bits per heavy atom. The Labute approximate surface area is 211 Å². The predicted molar refractivity (Wildman–Crippen MR) is 137 cm³/mol.